The van der Waals surface area contributed by atoms with Crippen molar-refractivity contribution in [2.24, 2.45) is 21.6 Å². The van der Waals surface area contributed by atoms with Crippen LogP contribution in [0.5, 0.6) is 0 Å². The van der Waals surface area contributed by atoms with Crippen LogP contribution in [-0.4, -0.2) is 22.0 Å². The molecule has 4 N–H and O–H groups in total. The Kier molecular flexibility index (Phi) is 14.1. The number of nitrogens with zero attached hydrogens (tertiary/aromatic N) is 5. The number of aliphatic imine (C=N–C) groups is 1. The summed E-state index contributed by atoms with van der Waals surface area (Å²) in [5.41, 5.74) is 11.4. The van der Waals surface area contributed by atoms with E-state index in [1.54, 1.807) is 12.4 Å². The first-order valence-corrected chi connectivity index (χ1v) is 21.1. The third-order valence-corrected chi connectivity index (χ3v) is 12.4. The molecule has 2 heterocycles. The summed E-state index contributed by atoms with van der Waals surface area (Å²) in [7, 11) is 0. The molecule has 0 spiro atoms. The van der Waals surface area contributed by atoms with Gasteiger partial charge < -0.3 is 15.9 Å². The predicted octanol–water partition coefficient (Wildman–Crippen LogP) is 11.9. The highest BCUT2D eigenvalue weighted by molar-refractivity contribution is 5.98. The highest BCUT2D eigenvalue weighted by Gasteiger charge is 2.43. The molecule has 2 aliphatic carbocycles. The maximum Gasteiger partial charge on any atom is 0.263 e. The largest absolute Gasteiger partial charge is 0.390 e. The molecule has 2 fully saturated rings. The van der Waals surface area contributed by atoms with Gasteiger partial charge >= 0.3 is 0 Å². The number of allylic oxidation sites excluding steroid dienone is 2. The second kappa shape index (κ2) is 19.5. The lowest BCUT2D eigenvalue weighted by Gasteiger charge is -2.36. The van der Waals surface area contributed by atoms with E-state index in [2.05, 4.69) is 96.8 Å². The van der Waals surface area contributed by atoms with E-state index in [1.807, 2.05) is 18.2 Å². The molecular weight excluding hydrogens is 713 g/mol. The quantitative estimate of drug-likeness (QED) is 0.0305. The van der Waals surface area contributed by atoms with Gasteiger partial charge in [0.25, 0.3) is 5.84 Å². The van der Waals surface area contributed by atoms with Crippen molar-refractivity contribution in [3.8, 4) is 6.07 Å². The van der Waals surface area contributed by atoms with Crippen molar-refractivity contribution >= 4 is 23.7 Å². The number of aromatic nitrogens is 2. The Hall–Kier alpha value is -5.86. The average molecular weight is 771 g/mol. The van der Waals surface area contributed by atoms with Crippen LogP contribution in [0.2, 0.25) is 0 Å². The summed E-state index contributed by atoms with van der Waals surface area (Å²) < 4.78 is 0. The highest BCUT2D eigenvalue weighted by Crippen LogP contribution is 2.49. The molecule has 298 valence electrons. The van der Waals surface area contributed by atoms with E-state index in [0.717, 1.165) is 35.4 Å². The fraction of sp³-hybridized carbons (Fsp3) is 0.400. The first-order chi connectivity index (χ1) is 28.2. The van der Waals surface area contributed by atoms with Crippen LogP contribution in [0, 0.1) is 34.1 Å². The second-order valence-corrected chi connectivity index (χ2v) is 16.8. The van der Waals surface area contributed by atoms with Gasteiger partial charge in [-0.3, -0.25) is 0 Å². The minimum Gasteiger partial charge on any atom is -0.390 e. The van der Waals surface area contributed by atoms with E-state index in [-0.39, 0.29) is 22.4 Å². The van der Waals surface area contributed by atoms with Gasteiger partial charge in [0.1, 0.15) is 23.0 Å². The first-order valence-electron chi connectivity index (χ1n) is 21.1. The minimum absolute atomic E-state index is 0.0811. The molecule has 0 saturated heterocycles. The Balaban J connectivity index is 1.63. The number of nitrogens with one attached hydrogen (secondary N) is 2. The van der Waals surface area contributed by atoms with Gasteiger partial charge in [0.2, 0.25) is 0 Å². The fourth-order valence-electron chi connectivity index (χ4n) is 9.52. The Morgan fingerprint density at radius 1 is 0.897 bits per heavy atom. The summed E-state index contributed by atoms with van der Waals surface area (Å²) >= 11 is 0. The smallest absolute Gasteiger partial charge is 0.263 e. The van der Waals surface area contributed by atoms with Gasteiger partial charge in [0.15, 0.2) is 5.82 Å². The summed E-state index contributed by atoms with van der Waals surface area (Å²) in [4.78, 5) is 19.0. The molecule has 8 heteroatoms. The topological polar surface area (TPSA) is 128 Å². The number of anilines is 1. The van der Waals surface area contributed by atoms with Crippen molar-refractivity contribution in [2.75, 3.05) is 5.32 Å². The van der Waals surface area contributed by atoms with Crippen LogP contribution in [0.4, 0.5) is 11.6 Å². The van der Waals surface area contributed by atoms with Gasteiger partial charge in [-0.15, -0.1) is 0 Å². The molecule has 58 heavy (non-hydrogen) atoms. The van der Waals surface area contributed by atoms with Crippen LogP contribution in [0.1, 0.15) is 131 Å². The van der Waals surface area contributed by atoms with Crippen molar-refractivity contribution in [3.63, 3.8) is 0 Å². The van der Waals surface area contributed by atoms with Crippen molar-refractivity contribution in [1.82, 2.24) is 9.97 Å². The van der Waals surface area contributed by atoms with Gasteiger partial charge in [-0.1, -0.05) is 132 Å². The maximum atomic E-state index is 9.38. The fourth-order valence-corrected chi connectivity index (χ4v) is 9.52. The second-order valence-electron chi connectivity index (χ2n) is 16.8. The van der Waals surface area contributed by atoms with Crippen molar-refractivity contribution in [3.05, 3.63) is 154 Å². The number of pyridine rings is 2. The van der Waals surface area contributed by atoms with E-state index in [0.29, 0.717) is 11.6 Å². The molecule has 0 unspecified atom stereocenters. The number of amidine groups is 1. The van der Waals surface area contributed by atoms with Gasteiger partial charge in [-0.2, -0.15) is 10.7 Å². The predicted molar refractivity (Wildman–Crippen MR) is 237 cm³/mol. The summed E-state index contributed by atoms with van der Waals surface area (Å²) in [5, 5.41) is 20.6. The number of benzene rings is 2. The van der Waals surface area contributed by atoms with Crippen LogP contribution >= 0.6 is 0 Å². The van der Waals surface area contributed by atoms with Gasteiger partial charge in [0.05, 0.1) is 11.4 Å². The molecule has 4 aromatic rings. The number of hydrogen-bond acceptors (Lipinski definition) is 7. The molecule has 2 aliphatic rings. The molecular formula is C50H58N8. The number of unbranched alkanes of at least 4 members (excludes halogenated alkanes) is 3. The molecule has 6 rings (SSSR count). The lowest BCUT2D eigenvalue weighted by molar-refractivity contribution is 0.258. The first kappa shape index (κ1) is 41.8. The van der Waals surface area contributed by atoms with Gasteiger partial charge in [-0.05, 0) is 121 Å². The third-order valence-electron chi connectivity index (χ3n) is 12.4. The van der Waals surface area contributed by atoms with Crippen LogP contribution < -0.4 is 11.1 Å². The zero-order valence-corrected chi connectivity index (χ0v) is 34.3. The molecule has 0 amide bonds. The summed E-state index contributed by atoms with van der Waals surface area (Å²) in [6.07, 6.45) is 24.0. The van der Waals surface area contributed by atoms with E-state index in [1.165, 1.54) is 107 Å². The lowest BCUT2D eigenvalue weighted by atomic mass is 9.68. The van der Waals surface area contributed by atoms with E-state index in [4.69, 9.17) is 32.7 Å². The lowest BCUT2D eigenvalue weighted by Crippen LogP contribution is -2.34. The average Bonchev–Trinajstić information content (AvgIpc) is 3.89. The summed E-state index contributed by atoms with van der Waals surface area (Å²) in [5.74, 6) is 1.04. The number of nitrogens with two attached hydrogens (primary N) is 1. The van der Waals surface area contributed by atoms with Crippen molar-refractivity contribution < 1.29 is 0 Å². The Morgan fingerprint density at radius 2 is 1.52 bits per heavy atom. The highest BCUT2D eigenvalue weighted by atomic mass is 15.0. The minimum atomic E-state index is -0.968. The zero-order chi connectivity index (χ0) is 40.9. The molecule has 0 atom stereocenters. The molecule has 2 aromatic carbocycles. The standard InChI is InChI=1S/C50H58N8/c1-4-5-6-13-26-49(27-16-17-28-49)36-39-32-44(58-47(34-39)55-29-22-42(52)37-51)50(40-18-9-7-10-19-40,41-20-11-8-12-21-41)43-31-38(35-48(2)24-14-15-25-48)33-46(57-43)56-30-23-45(53)54-3/h7-12,18-23,29-34,53H,4-6,13-17,24-28,35-36,52H2,1-2H3,(H,56,57). The Morgan fingerprint density at radius 3 is 2.14 bits per heavy atom. The number of rotatable bonds is 18. The SMILES string of the molecule is [C-]#[N+]C(=N)C=CNc1cc(CC2(C)CCCC2)cc(C(c2ccccc2)(c2ccccc2)c2cc(CC3(CCCCCC)CCCC3)cc(N=CC=C(N)C#N)n2)n1. The molecule has 8 nitrogen and oxygen atoms in total. The molecule has 2 aromatic heterocycles. The number of hydrogen-bond donors (Lipinski definition) is 3. The van der Waals surface area contributed by atoms with E-state index < -0.39 is 5.41 Å². The van der Waals surface area contributed by atoms with Crippen molar-refractivity contribution in [1.29, 1.82) is 10.7 Å². The van der Waals surface area contributed by atoms with Crippen LogP contribution in [0.3, 0.4) is 0 Å². The number of nitriles is 1. The van der Waals surface area contributed by atoms with Gasteiger partial charge in [0, 0.05) is 6.21 Å². The third kappa shape index (κ3) is 10.2. The monoisotopic (exact) mass is 770 g/mol. The zero-order valence-electron chi connectivity index (χ0n) is 34.3. The molecule has 2 saturated carbocycles. The summed E-state index contributed by atoms with van der Waals surface area (Å²) in [6, 6.07) is 31.9. The van der Waals surface area contributed by atoms with Gasteiger partial charge in [-0.25, -0.2) is 15.0 Å². The Labute approximate surface area is 345 Å². The Bertz CT molecular complexity index is 2140. The maximum absolute atomic E-state index is 9.38. The van der Waals surface area contributed by atoms with E-state index in [9.17, 15) is 5.26 Å². The van der Waals surface area contributed by atoms with Crippen LogP contribution in [0.25, 0.3) is 4.85 Å². The van der Waals surface area contributed by atoms with Crippen LogP contribution in [0.15, 0.2) is 114 Å². The van der Waals surface area contributed by atoms with Crippen LogP contribution in [-0.2, 0) is 18.3 Å². The normalized spacial score (nSPS) is 16.4. The molecule has 0 aliphatic heterocycles. The van der Waals surface area contributed by atoms with E-state index >= 15 is 0 Å². The molecule has 0 radical (unpaired) electrons. The van der Waals surface area contributed by atoms with Crippen molar-refractivity contribution in [2.45, 2.75) is 116 Å². The summed E-state index contributed by atoms with van der Waals surface area (Å²) in [6.45, 7) is 12.0. The molecule has 0 bridgehead atoms.